The highest BCUT2D eigenvalue weighted by Gasteiger charge is 2.20. The number of carbonyl (C=O) groups excluding carboxylic acids is 1. The molecule has 0 aliphatic carbocycles. The topological polar surface area (TPSA) is 32.3 Å². The van der Waals surface area contributed by atoms with Gasteiger partial charge in [-0.1, -0.05) is 15.9 Å². The van der Waals surface area contributed by atoms with Crippen LogP contribution in [-0.2, 0) is 0 Å². The summed E-state index contributed by atoms with van der Waals surface area (Å²) in [5, 5.41) is 2.85. The molecule has 0 saturated carbocycles. The van der Waals surface area contributed by atoms with Crippen LogP contribution in [0, 0.1) is 6.92 Å². The van der Waals surface area contributed by atoms with E-state index >= 15 is 0 Å². The highest BCUT2D eigenvalue weighted by atomic mass is 79.9. The number of hydrogen-bond acceptors (Lipinski definition) is 1. The van der Waals surface area contributed by atoms with Crippen molar-refractivity contribution in [3.05, 3.63) is 28.2 Å². The first-order valence-corrected chi connectivity index (χ1v) is 5.79. The second-order valence-electron chi connectivity index (χ2n) is 3.67. The summed E-state index contributed by atoms with van der Waals surface area (Å²) in [5.41, 5.74) is 2.11. The minimum Gasteiger partial charge on any atom is -0.338 e. The van der Waals surface area contributed by atoms with Crippen molar-refractivity contribution in [1.29, 1.82) is 0 Å². The second-order valence-corrected chi connectivity index (χ2v) is 4.58. The van der Waals surface area contributed by atoms with E-state index in [0.29, 0.717) is 0 Å². The van der Waals surface area contributed by atoms with Crippen LogP contribution in [-0.4, -0.2) is 19.1 Å². The molecule has 0 atom stereocenters. The Hall–Kier alpha value is -1.03. The predicted octanol–water partition coefficient (Wildman–Crippen LogP) is 2.68. The molecule has 4 heteroatoms. The van der Waals surface area contributed by atoms with Crippen molar-refractivity contribution in [3.63, 3.8) is 0 Å². The average Bonchev–Trinajstić information content (AvgIpc) is 2.20. The van der Waals surface area contributed by atoms with Crippen LogP contribution in [0.2, 0.25) is 0 Å². The summed E-state index contributed by atoms with van der Waals surface area (Å²) in [6.45, 7) is 3.60. The van der Waals surface area contributed by atoms with Crippen LogP contribution in [0.25, 0.3) is 0 Å². The molecule has 0 aromatic heterocycles. The largest absolute Gasteiger partial charge is 0.338 e. The molecule has 0 spiro atoms. The van der Waals surface area contributed by atoms with Gasteiger partial charge >= 0.3 is 6.03 Å². The number of aryl methyl sites for hydroxylation is 1. The monoisotopic (exact) mass is 268 g/mol. The quantitative estimate of drug-likeness (QED) is 0.835. The van der Waals surface area contributed by atoms with Crippen LogP contribution >= 0.6 is 15.9 Å². The highest BCUT2D eigenvalue weighted by molar-refractivity contribution is 9.10. The lowest BCUT2D eigenvalue weighted by Crippen LogP contribution is -2.46. The van der Waals surface area contributed by atoms with E-state index in [9.17, 15) is 4.79 Å². The van der Waals surface area contributed by atoms with Crippen molar-refractivity contribution < 1.29 is 4.79 Å². The average molecular weight is 269 g/mol. The molecule has 1 aliphatic rings. The number of anilines is 1. The molecular weight excluding hydrogens is 256 g/mol. The maximum atomic E-state index is 11.6. The van der Waals surface area contributed by atoms with Crippen molar-refractivity contribution in [3.8, 4) is 0 Å². The smallest absolute Gasteiger partial charge is 0.321 e. The fraction of sp³-hybridized carbons (Fsp3) is 0.364. The van der Waals surface area contributed by atoms with E-state index in [4.69, 9.17) is 0 Å². The molecule has 1 fully saturated rings. The first kappa shape index (κ1) is 10.5. The number of amides is 2. The van der Waals surface area contributed by atoms with Gasteiger partial charge in [-0.25, -0.2) is 4.79 Å². The van der Waals surface area contributed by atoms with Crippen molar-refractivity contribution >= 4 is 27.6 Å². The van der Waals surface area contributed by atoms with Crippen LogP contribution in [0.3, 0.4) is 0 Å². The van der Waals surface area contributed by atoms with E-state index in [1.165, 1.54) is 0 Å². The van der Waals surface area contributed by atoms with Crippen LogP contribution in [0.15, 0.2) is 22.7 Å². The molecule has 80 valence electrons. The number of nitrogens with one attached hydrogen (secondary N) is 1. The molecule has 2 amide bonds. The number of rotatable bonds is 1. The number of nitrogens with zero attached hydrogens (tertiary/aromatic N) is 1. The Morgan fingerprint density at radius 2 is 2.27 bits per heavy atom. The Balaban J connectivity index is 2.31. The SMILES string of the molecule is Cc1cc(Br)ccc1N1CCCNC1=O. The van der Waals surface area contributed by atoms with E-state index in [1.807, 2.05) is 25.1 Å². The number of carbonyl (C=O) groups is 1. The predicted molar refractivity (Wildman–Crippen MR) is 64.2 cm³/mol. The molecule has 1 aromatic rings. The Morgan fingerprint density at radius 1 is 1.47 bits per heavy atom. The number of urea groups is 1. The molecule has 15 heavy (non-hydrogen) atoms. The van der Waals surface area contributed by atoms with Gasteiger partial charge in [-0.2, -0.15) is 0 Å². The van der Waals surface area contributed by atoms with Crippen LogP contribution in [0.4, 0.5) is 10.5 Å². The molecule has 1 aliphatic heterocycles. The Labute approximate surface area is 97.6 Å². The Kier molecular flexibility index (Phi) is 2.95. The summed E-state index contributed by atoms with van der Waals surface area (Å²) in [4.78, 5) is 13.4. The first-order chi connectivity index (χ1) is 7.18. The van der Waals surface area contributed by atoms with Crippen molar-refractivity contribution in [2.24, 2.45) is 0 Å². The van der Waals surface area contributed by atoms with Gasteiger partial charge < -0.3 is 5.32 Å². The van der Waals surface area contributed by atoms with Crippen molar-refractivity contribution in [2.75, 3.05) is 18.0 Å². The Morgan fingerprint density at radius 3 is 2.93 bits per heavy atom. The Bertz CT molecular complexity index is 392. The molecule has 0 bridgehead atoms. The van der Waals surface area contributed by atoms with E-state index in [1.54, 1.807) is 4.90 Å². The van der Waals surface area contributed by atoms with Gasteiger partial charge in [0.15, 0.2) is 0 Å². The zero-order chi connectivity index (χ0) is 10.8. The van der Waals surface area contributed by atoms with Gasteiger partial charge in [0.25, 0.3) is 0 Å². The maximum absolute atomic E-state index is 11.6. The van der Waals surface area contributed by atoms with E-state index in [0.717, 1.165) is 35.2 Å². The maximum Gasteiger partial charge on any atom is 0.321 e. The second kappa shape index (κ2) is 4.23. The summed E-state index contributed by atoms with van der Waals surface area (Å²) in [6.07, 6.45) is 1.00. The minimum atomic E-state index is 0.00618. The van der Waals surface area contributed by atoms with Gasteiger partial charge in [-0.3, -0.25) is 4.90 Å². The normalized spacial score (nSPS) is 16.4. The minimum absolute atomic E-state index is 0.00618. The lowest BCUT2D eigenvalue weighted by Gasteiger charge is -2.28. The third-order valence-electron chi connectivity index (χ3n) is 2.53. The summed E-state index contributed by atoms with van der Waals surface area (Å²) in [7, 11) is 0. The van der Waals surface area contributed by atoms with Crippen LogP contribution < -0.4 is 10.2 Å². The van der Waals surface area contributed by atoms with Gasteiger partial charge in [0.05, 0.1) is 0 Å². The lowest BCUT2D eigenvalue weighted by atomic mass is 10.1. The number of hydrogen-bond donors (Lipinski definition) is 1. The van der Waals surface area contributed by atoms with Crippen LogP contribution in [0.1, 0.15) is 12.0 Å². The zero-order valence-electron chi connectivity index (χ0n) is 8.59. The fourth-order valence-corrected chi connectivity index (χ4v) is 2.26. The molecular formula is C11H13BrN2O. The number of halogens is 1. The molecule has 1 heterocycles. The van der Waals surface area contributed by atoms with Crippen molar-refractivity contribution in [2.45, 2.75) is 13.3 Å². The van der Waals surface area contributed by atoms with Gasteiger partial charge in [0, 0.05) is 23.2 Å². The van der Waals surface area contributed by atoms with Gasteiger partial charge in [0.1, 0.15) is 0 Å². The van der Waals surface area contributed by atoms with Crippen molar-refractivity contribution in [1.82, 2.24) is 5.32 Å². The molecule has 1 saturated heterocycles. The molecule has 3 nitrogen and oxygen atoms in total. The molecule has 2 rings (SSSR count). The zero-order valence-corrected chi connectivity index (χ0v) is 10.2. The first-order valence-electron chi connectivity index (χ1n) is 5.00. The molecule has 0 unspecified atom stereocenters. The highest BCUT2D eigenvalue weighted by Crippen LogP contribution is 2.24. The summed E-state index contributed by atoms with van der Waals surface area (Å²) in [5.74, 6) is 0. The van der Waals surface area contributed by atoms with E-state index in [2.05, 4.69) is 21.2 Å². The van der Waals surface area contributed by atoms with Gasteiger partial charge in [-0.15, -0.1) is 0 Å². The summed E-state index contributed by atoms with van der Waals surface area (Å²) < 4.78 is 1.04. The fourth-order valence-electron chi connectivity index (χ4n) is 1.78. The third-order valence-corrected chi connectivity index (χ3v) is 3.02. The summed E-state index contributed by atoms with van der Waals surface area (Å²) >= 11 is 3.42. The van der Waals surface area contributed by atoms with Gasteiger partial charge in [0.2, 0.25) is 0 Å². The molecule has 1 N–H and O–H groups in total. The van der Waals surface area contributed by atoms with E-state index < -0.39 is 0 Å². The molecule has 0 radical (unpaired) electrons. The number of benzene rings is 1. The molecule has 1 aromatic carbocycles. The third kappa shape index (κ3) is 2.15. The van der Waals surface area contributed by atoms with Gasteiger partial charge in [-0.05, 0) is 37.1 Å². The lowest BCUT2D eigenvalue weighted by molar-refractivity contribution is 0.243. The summed E-state index contributed by atoms with van der Waals surface area (Å²) in [6, 6.07) is 5.97. The standard InChI is InChI=1S/C11H13BrN2O/c1-8-7-9(12)3-4-10(8)14-6-2-5-13-11(14)15/h3-4,7H,2,5-6H2,1H3,(H,13,15). The van der Waals surface area contributed by atoms with Crippen LogP contribution in [0.5, 0.6) is 0 Å². The van der Waals surface area contributed by atoms with E-state index in [-0.39, 0.29) is 6.03 Å².